The van der Waals surface area contributed by atoms with Gasteiger partial charge in [0.25, 0.3) is 0 Å². The molecule has 0 heterocycles. The molecule has 0 bridgehead atoms. The Morgan fingerprint density at radius 2 is 1.81 bits per heavy atom. The lowest BCUT2D eigenvalue weighted by Crippen LogP contribution is -2.29. The zero-order valence-corrected chi connectivity index (χ0v) is 12.1. The normalized spacial score (nSPS) is 14.4. The Morgan fingerprint density at radius 3 is 2.52 bits per heavy atom. The summed E-state index contributed by atoms with van der Waals surface area (Å²) in [7, 11) is 0. The van der Waals surface area contributed by atoms with Crippen LogP contribution < -0.4 is 5.32 Å². The Morgan fingerprint density at radius 1 is 1.10 bits per heavy atom. The third kappa shape index (κ3) is 5.81. The van der Waals surface area contributed by atoms with Crippen LogP contribution in [-0.4, -0.2) is 18.4 Å². The fraction of sp³-hybridized carbons (Fsp3) is 0.412. The van der Waals surface area contributed by atoms with Crippen molar-refractivity contribution in [3.63, 3.8) is 0 Å². The molecule has 112 valence electrons. The largest absolute Gasteiger partial charge is 0.460 e. The molecule has 21 heavy (non-hydrogen) atoms. The molecule has 0 unspecified atom stereocenters. The van der Waals surface area contributed by atoms with Crippen molar-refractivity contribution in [2.45, 2.75) is 38.7 Å². The molecule has 4 nitrogen and oxygen atoms in total. The molecule has 1 amide bonds. The van der Waals surface area contributed by atoms with E-state index >= 15 is 0 Å². The highest BCUT2D eigenvalue weighted by Crippen LogP contribution is 2.22. The third-order valence-electron chi connectivity index (χ3n) is 3.48. The number of carbonyl (C=O) groups excluding carboxylic acids is 2. The van der Waals surface area contributed by atoms with Gasteiger partial charge in [-0.25, -0.2) is 0 Å². The van der Waals surface area contributed by atoms with Gasteiger partial charge in [0.1, 0.15) is 13.2 Å². The van der Waals surface area contributed by atoms with E-state index in [1.807, 2.05) is 30.3 Å². The van der Waals surface area contributed by atoms with Gasteiger partial charge >= 0.3 is 5.97 Å². The summed E-state index contributed by atoms with van der Waals surface area (Å²) in [6.45, 7) is 0.145. The van der Waals surface area contributed by atoms with Crippen molar-refractivity contribution < 1.29 is 14.3 Å². The van der Waals surface area contributed by atoms with Gasteiger partial charge in [-0.05, 0) is 31.2 Å². The molecule has 2 rings (SSSR count). The van der Waals surface area contributed by atoms with E-state index in [4.69, 9.17) is 4.74 Å². The first-order chi connectivity index (χ1) is 10.2. The van der Waals surface area contributed by atoms with Crippen molar-refractivity contribution in [2.75, 3.05) is 6.54 Å². The highest BCUT2D eigenvalue weighted by Gasteiger charge is 2.09. The molecule has 1 aromatic rings. The number of carbonyl (C=O) groups is 2. The Kier molecular flexibility index (Phi) is 6.00. The van der Waals surface area contributed by atoms with Crippen molar-refractivity contribution in [3.05, 3.63) is 47.5 Å². The van der Waals surface area contributed by atoms with Crippen LogP contribution in [0, 0.1) is 0 Å². The van der Waals surface area contributed by atoms with Gasteiger partial charge in [-0.1, -0.05) is 42.3 Å². The second-order valence-corrected chi connectivity index (χ2v) is 5.23. The van der Waals surface area contributed by atoms with Crippen molar-refractivity contribution in [3.8, 4) is 0 Å². The van der Waals surface area contributed by atoms with Gasteiger partial charge in [0.15, 0.2) is 0 Å². The number of nitrogens with one attached hydrogen (secondary N) is 1. The van der Waals surface area contributed by atoms with Crippen molar-refractivity contribution in [1.82, 2.24) is 5.32 Å². The second-order valence-electron chi connectivity index (χ2n) is 5.23. The van der Waals surface area contributed by atoms with Crippen LogP contribution in [0.2, 0.25) is 0 Å². The fourth-order valence-electron chi connectivity index (χ4n) is 2.34. The maximum atomic E-state index is 11.7. The molecule has 1 aromatic carbocycles. The third-order valence-corrected chi connectivity index (χ3v) is 3.48. The van der Waals surface area contributed by atoms with Gasteiger partial charge in [-0.2, -0.15) is 0 Å². The van der Waals surface area contributed by atoms with Crippen molar-refractivity contribution >= 4 is 11.9 Å². The highest BCUT2D eigenvalue weighted by atomic mass is 16.5. The van der Waals surface area contributed by atoms with Crippen LogP contribution in [-0.2, 0) is 20.9 Å². The molecule has 1 N–H and O–H groups in total. The molecule has 4 heteroatoms. The smallest absolute Gasteiger partial charge is 0.325 e. The Labute approximate surface area is 125 Å². The molecule has 0 atom stereocenters. The van der Waals surface area contributed by atoms with Crippen LogP contribution in [0.1, 0.15) is 37.7 Å². The SMILES string of the molecule is O=C(C=C1CCCCC1)NCC(=O)OCc1ccccc1. The Hall–Kier alpha value is -2.10. The zero-order chi connectivity index (χ0) is 14.9. The number of benzene rings is 1. The van der Waals surface area contributed by atoms with Crippen LogP contribution in [0.4, 0.5) is 0 Å². The second kappa shape index (κ2) is 8.25. The minimum absolute atomic E-state index is 0.0879. The van der Waals surface area contributed by atoms with Crippen LogP contribution >= 0.6 is 0 Å². The molecule has 0 aromatic heterocycles. The maximum absolute atomic E-state index is 11.7. The number of amides is 1. The van der Waals surface area contributed by atoms with Gasteiger partial charge in [-0.3, -0.25) is 9.59 Å². The molecule has 0 aliphatic heterocycles. The minimum atomic E-state index is -0.422. The standard InChI is InChI=1S/C17H21NO3/c19-16(11-14-7-3-1-4-8-14)18-12-17(20)21-13-15-9-5-2-6-10-15/h2,5-6,9-11H,1,3-4,7-8,12-13H2,(H,18,19). The first-order valence-corrected chi connectivity index (χ1v) is 7.41. The summed E-state index contributed by atoms with van der Waals surface area (Å²) >= 11 is 0. The molecule has 1 saturated carbocycles. The molecular weight excluding hydrogens is 266 g/mol. The van der Waals surface area contributed by atoms with Crippen LogP contribution in [0.25, 0.3) is 0 Å². The molecule has 0 radical (unpaired) electrons. The van der Waals surface area contributed by atoms with Gasteiger partial charge in [0.2, 0.25) is 5.91 Å². The summed E-state index contributed by atoms with van der Waals surface area (Å²) in [5, 5.41) is 2.58. The molecule has 1 aliphatic carbocycles. The van der Waals surface area contributed by atoms with E-state index < -0.39 is 5.97 Å². The Balaban J connectivity index is 1.67. The number of hydrogen-bond donors (Lipinski definition) is 1. The number of rotatable bonds is 5. The van der Waals surface area contributed by atoms with Crippen LogP contribution in [0.3, 0.4) is 0 Å². The van der Waals surface area contributed by atoms with E-state index in [2.05, 4.69) is 5.32 Å². The lowest BCUT2D eigenvalue weighted by atomic mass is 9.95. The van der Waals surface area contributed by atoms with E-state index in [0.717, 1.165) is 31.2 Å². The van der Waals surface area contributed by atoms with Crippen LogP contribution in [0.15, 0.2) is 42.0 Å². The molecule has 0 spiro atoms. The summed E-state index contributed by atoms with van der Waals surface area (Å²) in [6.07, 6.45) is 7.16. The number of ether oxygens (including phenoxy) is 1. The van der Waals surface area contributed by atoms with Gasteiger partial charge in [0.05, 0.1) is 0 Å². The number of hydrogen-bond acceptors (Lipinski definition) is 3. The summed E-state index contributed by atoms with van der Waals surface area (Å²) in [5.74, 6) is -0.627. The minimum Gasteiger partial charge on any atom is -0.460 e. The van der Waals surface area contributed by atoms with Crippen molar-refractivity contribution in [2.24, 2.45) is 0 Å². The number of allylic oxidation sites excluding steroid dienone is 1. The van der Waals surface area contributed by atoms with E-state index in [1.165, 1.54) is 12.0 Å². The monoisotopic (exact) mass is 287 g/mol. The molecule has 1 aliphatic rings. The maximum Gasteiger partial charge on any atom is 0.325 e. The first kappa shape index (κ1) is 15.3. The summed E-state index contributed by atoms with van der Waals surface area (Å²) < 4.78 is 5.09. The average Bonchev–Trinajstić information content (AvgIpc) is 2.53. The first-order valence-electron chi connectivity index (χ1n) is 7.41. The van der Waals surface area contributed by atoms with E-state index in [1.54, 1.807) is 6.08 Å². The van der Waals surface area contributed by atoms with Gasteiger partial charge in [0, 0.05) is 6.08 Å². The van der Waals surface area contributed by atoms with E-state index in [9.17, 15) is 9.59 Å². The molecule has 0 saturated heterocycles. The zero-order valence-electron chi connectivity index (χ0n) is 12.1. The average molecular weight is 287 g/mol. The van der Waals surface area contributed by atoms with E-state index in [0.29, 0.717) is 0 Å². The number of esters is 1. The van der Waals surface area contributed by atoms with Gasteiger partial charge in [-0.15, -0.1) is 0 Å². The summed E-state index contributed by atoms with van der Waals surface area (Å²) in [4.78, 5) is 23.3. The fourth-order valence-corrected chi connectivity index (χ4v) is 2.34. The van der Waals surface area contributed by atoms with Gasteiger partial charge < -0.3 is 10.1 Å². The van der Waals surface area contributed by atoms with E-state index in [-0.39, 0.29) is 19.1 Å². The van der Waals surface area contributed by atoms with Crippen LogP contribution in [0.5, 0.6) is 0 Å². The lowest BCUT2D eigenvalue weighted by molar-refractivity contribution is -0.144. The highest BCUT2D eigenvalue weighted by molar-refractivity contribution is 5.90. The summed E-state index contributed by atoms with van der Waals surface area (Å²) in [6, 6.07) is 9.46. The predicted molar refractivity (Wildman–Crippen MR) is 80.4 cm³/mol. The topological polar surface area (TPSA) is 55.4 Å². The quantitative estimate of drug-likeness (QED) is 0.669. The predicted octanol–water partition coefficient (Wildman–Crippen LogP) is 2.74. The summed E-state index contributed by atoms with van der Waals surface area (Å²) in [5.41, 5.74) is 2.11. The van der Waals surface area contributed by atoms with Crippen molar-refractivity contribution in [1.29, 1.82) is 0 Å². The lowest BCUT2D eigenvalue weighted by Gasteiger charge is -2.13. The molecular formula is C17H21NO3. The molecule has 1 fully saturated rings. The Bertz CT molecular complexity index is 500.